The Hall–Kier alpha value is -2.12. The first-order valence-corrected chi connectivity index (χ1v) is 5.24. The van der Waals surface area contributed by atoms with Crippen LogP contribution in [0, 0.1) is 17.6 Å². The Morgan fingerprint density at radius 3 is 2.78 bits per heavy atom. The van der Waals surface area contributed by atoms with E-state index >= 15 is 0 Å². The zero-order valence-corrected chi connectivity index (χ0v) is 9.49. The molecule has 0 amide bonds. The van der Waals surface area contributed by atoms with E-state index in [1.54, 1.807) is 4.57 Å². The van der Waals surface area contributed by atoms with Gasteiger partial charge < -0.3 is 9.88 Å². The van der Waals surface area contributed by atoms with Crippen LogP contribution in [-0.4, -0.2) is 19.7 Å². The Morgan fingerprint density at radius 1 is 1.28 bits per heavy atom. The summed E-state index contributed by atoms with van der Waals surface area (Å²) in [6.45, 7) is 2.66. The summed E-state index contributed by atoms with van der Waals surface area (Å²) in [5.74, 6) is -3.45. The van der Waals surface area contributed by atoms with Gasteiger partial charge in [0.1, 0.15) is 6.33 Å². The van der Waals surface area contributed by atoms with Crippen molar-refractivity contribution in [1.82, 2.24) is 19.7 Å². The lowest BCUT2D eigenvalue weighted by atomic mass is 10.4. The molecule has 0 bridgehead atoms. The van der Waals surface area contributed by atoms with Crippen LogP contribution in [0.3, 0.4) is 0 Å². The molecule has 0 spiro atoms. The molecule has 8 heteroatoms. The van der Waals surface area contributed by atoms with Gasteiger partial charge >= 0.3 is 0 Å². The van der Waals surface area contributed by atoms with E-state index in [1.165, 1.54) is 6.33 Å². The van der Waals surface area contributed by atoms with Gasteiger partial charge in [-0.2, -0.15) is 9.37 Å². The zero-order valence-electron chi connectivity index (χ0n) is 9.49. The topological polar surface area (TPSA) is 55.6 Å². The second-order valence-electron chi connectivity index (χ2n) is 3.48. The van der Waals surface area contributed by atoms with Gasteiger partial charge in [-0.1, -0.05) is 0 Å². The highest BCUT2D eigenvalue weighted by molar-refractivity contribution is 5.36. The number of aromatic nitrogens is 4. The minimum atomic E-state index is -1.35. The molecule has 0 atom stereocenters. The van der Waals surface area contributed by atoms with E-state index in [1.807, 2.05) is 6.92 Å². The summed E-state index contributed by atoms with van der Waals surface area (Å²) in [6.07, 6.45) is 1.52. The van der Waals surface area contributed by atoms with Gasteiger partial charge in [0.25, 0.3) is 5.95 Å². The summed E-state index contributed by atoms with van der Waals surface area (Å²) in [7, 11) is 0. The van der Waals surface area contributed by atoms with Crippen LogP contribution in [0.25, 0.3) is 0 Å². The second kappa shape index (κ2) is 5.03. The van der Waals surface area contributed by atoms with Crippen molar-refractivity contribution in [3.63, 3.8) is 0 Å². The molecule has 0 saturated heterocycles. The van der Waals surface area contributed by atoms with Crippen LogP contribution in [-0.2, 0) is 13.1 Å². The first kappa shape index (κ1) is 12.3. The lowest BCUT2D eigenvalue weighted by molar-refractivity contribution is 0.466. The summed E-state index contributed by atoms with van der Waals surface area (Å²) in [6, 6.07) is 0.440. The third-order valence-electron chi connectivity index (χ3n) is 2.34. The van der Waals surface area contributed by atoms with Crippen LogP contribution in [0.1, 0.15) is 12.7 Å². The number of hydrogen-bond acceptors (Lipinski definition) is 4. The van der Waals surface area contributed by atoms with Crippen molar-refractivity contribution in [2.45, 2.75) is 20.0 Å². The van der Waals surface area contributed by atoms with Gasteiger partial charge in [0.05, 0.1) is 6.54 Å². The fourth-order valence-electron chi connectivity index (χ4n) is 1.41. The summed E-state index contributed by atoms with van der Waals surface area (Å²) in [4.78, 5) is 3.14. The molecule has 0 aromatic carbocycles. The average Bonchev–Trinajstić information content (AvgIpc) is 2.79. The van der Waals surface area contributed by atoms with Gasteiger partial charge in [-0.3, -0.25) is 0 Å². The van der Waals surface area contributed by atoms with Crippen molar-refractivity contribution in [2.75, 3.05) is 5.32 Å². The van der Waals surface area contributed by atoms with Crippen LogP contribution < -0.4 is 5.32 Å². The highest BCUT2D eigenvalue weighted by Crippen LogP contribution is 2.14. The fourth-order valence-corrected chi connectivity index (χ4v) is 1.41. The molecule has 0 aliphatic rings. The normalized spacial score (nSPS) is 10.7. The van der Waals surface area contributed by atoms with E-state index in [0.717, 1.165) is 0 Å². The Balaban J connectivity index is 2.13. The number of nitrogens with zero attached hydrogens (tertiary/aromatic N) is 4. The number of anilines is 1. The lowest BCUT2D eigenvalue weighted by Crippen LogP contribution is -2.10. The van der Waals surface area contributed by atoms with Crippen LogP contribution >= 0.6 is 0 Å². The maximum atomic E-state index is 13.3. The molecule has 0 aliphatic heterocycles. The van der Waals surface area contributed by atoms with Crippen molar-refractivity contribution in [1.29, 1.82) is 0 Å². The molecule has 2 heterocycles. The molecule has 0 unspecified atom stereocenters. The molecular formula is C10H10F3N5. The highest BCUT2D eigenvalue weighted by atomic mass is 19.2. The summed E-state index contributed by atoms with van der Waals surface area (Å²) in [5, 5.41) is 10.0. The predicted molar refractivity (Wildman–Crippen MR) is 57.1 cm³/mol. The first-order chi connectivity index (χ1) is 8.61. The van der Waals surface area contributed by atoms with Gasteiger partial charge in [-0.15, -0.1) is 10.2 Å². The summed E-state index contributed by atoms with van der Waals surface area (Å²) >= 11 is 0. The summed E-state index contributed by atoms with van der Waals surface area (Å²) < 4.78 is 40.5. The third kappa shape index (κ3) is 2.41. The quantitative estimate of drug-likeness (QED) is 0.847. The minimum absolute atomic E-state index is 0.114. The van der Waals surface area contributed by atoms with Gasteiger partial charge in [0.2, 0.25) is 0 Å². The maximum absolute atomic E-state index is 13.3. The molecule has 0 saturated carbocycles. The van der Waals surface area contributed by atoms with E-state index in [2.05, 4.69) is 20.5 Å². The minimum Gasteiger partial charge on any atom is -0.360 e. The van der Waals surface area contributed by atoms with Crippen molar-refractivity contribution >= 4 is 5.82 Å². The molecular weight excluding hydrogens is 247 g/mol. The van der Waals surface area contributed by atoms with Crippen LogP contribution in [0.5, 0.6) is 0 Å². The standard InChI is InChI=1S/C10H10F3N5/c1-2-18-5-15-17-8(18)4-14-10-7(12)3-6(11)9(13)16-10/h3,5H,2,4H2,1H3,(H,14,16). The predicted octanol–water partition coefficient (Wildman–Crippen LogP) is 1.72. The number of nitrogens with one attached hydrogen (secondary N) is 1. The Labute approximate surface area is 101 Å². The van der Waals surface area contributed by atoms with E-state index in [0.29, 0.717) is 18.4 Å². The van der Waals surface area contributed by atoms with Crippen molar-refractivity contribution in [3.05, 3.63) is 35.8 Å². The number of hydrogen-bond donors (Lipinski definition) is 1. The lowest BCUT2D eigenvalue weighted by Gasteiger charge is -2.07. The van der Waals surface area contributed by atoms with E-state index in [-0.39, 0.29) is 12.4 Å². The molecule has 2 rings (SSSR count). The summed E-state index contributed by atoms with van der Waals surface area (Å²) in [5.41, 5.74) is 0. The monoisotopic (exact) mass is 257 g/mol. The number of halogens is 3. The molecule has 2 aromatic heterocycles. The van der Waals surface area contributed by atoms with E-state index < -0.39 is 17.6 Å². The number of aryl methyl sites for hydroxylation is 1. The molecule has 1 N–H and O–H groups in total. The first-order valence-electron chi connectivity index (χ1n) is 5.24. The zero-order chi connectivity index (χ0) is 13.1. The molecule has 2 aromatic rings. The third-order valence-corrected chi connectivity index (χ3v) is 2.34. The molecule has 0 radical (unpaired) electrons. The van der Waals surface area contributed by atoms with Crippen molar-refractivity contribution in [2.24, 2.45) is 0 Å². The van der Waals surface area contributed by atoms with Gasteiger partial charge in [0.15, 0.2) is 23.3 Å². The van der Waals surface area contributed by atoms with E-state index in [4.69, 9.17) is 0 Å². The van der Waals surface area contributed by atoms with Crippen LogP contribution in [0.15, 0.2) is 12.4 Å². The Bertz CT molecular complexity index is 554. The molecule has 5 nitrogen and oxygen atoms in total. The van der Waals surface area contributed by atoms with Crippen molar-refractivity contribution in [3.8, 4) is 0 Å². The maximum Gasteiger partial charge on any atom is 0.251 e. The van der Waals surface area contributed by atoms with Gasteiger partial charge in [-0.05, 0) is 6.92 Å². The van der Waals surface area contributed by atoms with Gasteiger partial charge in [-0.25, -0.2) is 8.78 Å². The largest absolute Gasteiger partial charge is 0.360 e. The number of rotatable bonds is 4. The Morgan fingerprint density at radius 2 is 2.06 bits per heavy atom. The van der Waals surface area contributed by atoms with Gasteiger partial charge in [0, 0.05) is 12.6 Å². The molecule has 0 fully saturated rings. The van der Waals surface area contributed by atoms with E-state index in [9.17, 15) is 13.2 Å². The smallest absolute Gasteiger partial charge is 0.251 e. The Kier molecular flexibility index (Phi) is 3.45. The van der Waals surface area contributed by atoms with Crippen molar-refractivity contribution < 1.29 is 13.2 Å². The molecule has 18 heavy (non-hydrogen) atoms. The highest BCUT2D eigenvalue weighted by Gasteiger charge is 2.12. The second-order valence-corrected chi connectivity index (χ2v) is 3.48. The SMILES string of the molecule is CCn1cnnc1CNc1nc(F)c(F)cc1F. The fraction of sp³-hybridized carbons (Fsp3) is 0.300. The molecule has 0 aliphatic carbocycles. The average molecular weight is 257 g/mol. The van der Waals surface area contributed by atoms with Crippen LogP contribution in [0.2, 0.25) is 0 Å². The van der Waals surface area contributed by atoms with Crippen LogP contribution in [0.4, 0.5) is 19.0 Å². The number of pyridine rings is 1. The molecule has 96 valence electrons.